The highest BCUT2D eigenvalue weighted by atomic mass is 32.1. The van der Waals surface area contributed by atoms with E-state index in [1.54, 1.807) is 22.2 Å². The van der Waals surface area contributed by atoms with E-state index in [0.717, 1.165) is 40.6 Å². The van der Waals surface area contributed by atoms with Crippen molar-refractivity contribution in [2.75, 3.05) is 20.1 Å². The van der Waals surface area contributed by atoms with Gasteiger partial charge in [-0.3, -0.25) is 9.48 Å². The Balaban J connectivity index is 1.14. The van der Waals surface area contributed by atoms with Crippen LogP contribution in [0.25, 0.3) is 0 Å². The molecule has 0 spiro atoms. The minimum absolute atomic E-state index is 0.0343. The van der Waals surface area contributed by atoms with E-state index in [-0.39, 0.29) is 36.0 Å². The molecule has 2 aromatic heterocycles. The number of rotatable bonds is 5. The Bertz CT molecular complexity index is 1350. The van der Waals surface area contributed by atoms with E-state index in [1.165, 1.54) is 23.8 Å². The molecule has 1 fully saturated rings. The molecular weight excluding hydrogens is 531 g/mol. The molecule has 3 aromatic rings. The van der Waals surface area contributed by atoms with Gasteiger partial charge in [0, 0.05) is 31.7 Å². The molecule has 0 bridgehead atoms. The summed E-state index contributed by atoms with van der Waals surface area (Å²) in [5.41, 5.74) is 1.71. The third-order valence-corrected chi connectivity index (χ3v) is 8.53. The van der Waals surface area contributed by atoms with Gasteiger partial charge >= 0.3 is 12.3 Å². The molecule has 1 saturated heterocycles. The Morgan fingerprint density at radius 3 is 2.64 bits per heavy atom. The Morgan fingerprint density at radius 2 is 1.92 bits per heavy atom. The number of amides is 2. The summed E-state index contributed by atoms with van der Waals surface area (Å²) in [6.07, 6.45) is -0.763. The van der Waals surface area contributed by atoms with Gasteiger partial charge in [-0.15, -0.1) is 11.3 Å². The Hall–Kier alpha value is -3.41. The second-order valence-electron chi connectivity index (χ2n) is 10.1. The first-order chi connectivity index (χ1) is 18.6. The second kappa shape index (κ2) is 11.0. The number of thiazole rings is 1. The zero-order valence-electron chi connectivity index (χ0n) is 21.8. The van der Waals surface area contributed by atoms with Gasteiger partial charge in [0.1, 0.15) is 6.54 Å². The number of aromatic nitrogens is 3. The van der Waals surface area contributed by atoms with Crippen LogP contribution in [0.3, 0.4) is 0 Å². The molecule has 2 aliphatic rings. The van der Waals surface area contributed by atoms with Crippen LogP contribution >= 0.6 is 11.3 Å². The summed E-state index contributed by atoms with van der Waals surface area (Å²) in [5.74, 6) is 0.108. The van der Waals surface area contributed by atoms with Gasteiger partial charge in [0.05, 0.1) is 16.4 Å². The smallest absolute Gasteiger partial charge is 0.390 e. The lowest BCUT2D eigenvalue weighted by Crippen LogP contribution is -2.40. The number of carbonyl (C=O) groups excluding carboxylic acids is 2. The van der Waals surface area contributed by atoms with Gasteiger partial charge in [-0.2, -0.15) is 18.3 Å². The van der Waals surface area contributed by atoms with Crippen LogP contribution in [0.5, 0.6) is 5.88 Å². The van der Waals surface area contributed by atoms with Crippen molar-refractivity contribution in [3.8, 4) is 5.88 Å². The van der Waals surface area contributed by atoms with Crippen molar-refractivity contribution >= 4 is 23.3 Å². The first-order valence-electron chi connectivity index (χ1n) is 13.0. The van der Waals surface area contributed by atoms with Crippen LogP contribution in [0, 0.1) is 6.92 Å². The van der Waals surface area contributed by atoms with Crippen molar-refractivity contribution in [3.05, 3.63) is 63.2 Å². The molecule has 3 heterocycles. The third-order valence-electron chi connectivity index (χ3n) is 7.54. The molecule has 1 atom stereocenters. The highest BCUT2D eigenvalue weighted by Crippen LogP contribution is 2.35. The molecule has 0 radical (unpaired) electrons. The van der Waals surface area contributed by atoms with E-state index in [9.17, 15) is 22.8 Å². The number of hydrogen-bond acceptors (Lipinski definition) is 6. The van der Waals surface area contributed by atoms with Crippen LogP contribution in [0.15, 0.2) is 35.7 Å². The zero-order chi connectivity index (χ0) is 27.7. The molecule has 39 heavy (non-hydrogen) atoms. The number of likely N-dealkylation sites (tertiary alicyclic amines) is 1. The van der Waals surface area contributed by atoms with Gasteiger partial charge in [0.15, 0.2) is 5.69 Å². The first-order valence-corrected chi connectivity index (χ1v) is 13.9. The van der Waals surface area contributed by atoms with Crippen LogP contribution in [0.2, 0.25) is 0 Å². The van der Waals surface area contributed by atoms with E-state index in [0.29, 0.717) is 25.9 Å². The number of ether oxygens (including phenoxy) is 1. The standard InChI is InChI=1S/C27H30F3N5O3S/c1-17-14-22(27(28,29)30)32-35(17)15-24(36)34-12-10-19(11-13-34)25-31-23(16-39-25)38-26(37)33(2)21-9-5-7-18-6-3-4-8-20(18)21/h3-4,6,8,14,16,19,21H,5,7,9-13,15H2,1-2H3. The lowest BCUT2D eigenvalue weighted by atomic mass is 9.87. The molecule has 0 saturated carbocycles. The highest BCUT2D eigenvalue weighted by molar-refractivity contribution is 7.09. The molecular formula is C27H30F3N5O3S. The van der Waals surface area contributed by atoms with Gasteiger partial charge in [0.25, 0.3) is 0 Å². The van der Waals surface area contributed by atoms with Gasteiger partial charge in [-0.25, -0.2) is 9.78 Å². The highest BCUT2D eigenvalue weighted by Gasteiger charge is 2.35. The number of halogens is 3. The molecule has 8 nitrogen and oxygen atoms in total. The predicted octanol–water partition coefficient (Wildman–Crippen LogP) is 5.58. The topological polar surface area (TPSA) is 80.6 Å². The summed E-state index contributed by atoms with van der Waals surface area (Å²) in [4.78, 5) is 33.5. The van der Waals surface area contributed by atoms with E-state index in [4.69, 9.17) is 4.74 Å². The molecule has 208 valence electrons. The number of alkyl halides is 3. The number of nitrogens with zero attached hydrogens (tertiary/aromatic N) is 5. The number of benzene rings is 1. The van der Waals surface area contributed by atoms with Crippen LogP contribution < -0.4 is 4.74 Å². The lowest BCUT2D eigenvalue weighted by molar-refractivity contribution is -0.142. The molecule has 1 unspecified atom stereocenters. The average molecular weight is 562 g/mol. The van der Waals surface area contributed by atoms with E-state index < -0.39 is 18.0 Å². The monoisotopic (exact) mass is 561 g/mol. The minimum Gasteiger partial charge on any atom is -0.390 e. The number of piperidine rings is 1. The largest absolute Gasteiger partial charge is 0.435 e. The Kier molecular flexibility index (Phi) is 7.66. The van der Waals surface area contributed by atoms with E-state index >= 15 is 0 Å². The normalized spacial score (nSPS) is 18.1. The molecule has 0 N–H and O–H groups in total. The SMILES string of the molecule is Cc1cc(C(F)(F)F)nn1CC(=O)N1CCC(c2nc(OC(=O)N(C)C3CCCc4ccccc43)cs2)CC1. The molecule has 12 heteroatoms. The first kappa shape index (κ1) is 27.2. The molecule has 2 amide bonds. The summed E-state index contributed by atoms with van der Waals surface area (Å²) >= 11 is 1.42. The van der Waals surface area contributed by atoms with Crippen molar-refractivity contribution < 1.29 is 27.5 Å². The zero-order valence-corrected chi connectivity index (χ0v) is 22.6. The van der Waals surface area contributed by atoms with Crippen molar-refractivity contribution in [1.29, 1.82) is 0 Å². The van der Waals surface area contributed by atoms with Crippen molar-refractivity contribution in [3.63, 3.8) is 0 Å². The number of aryl methyl sites for hydroxylation is 2. The van der Waals surface area contributed by atoms with Gasteiger partial charge in [-0.05, 0) is 56.2 Å². The van der Waals surface area contributed by atoms with E-state index in [2.05, 4.69) is 22.2 Å². The van der Waals surface area contributed by atoms with E-state index in [1.807, 2.05) is 12.1 Å². The maximum absolute atomic E-state index is 12.9. The van der Waals surface area contributed by atoms with Gasteiger partial charge in [-0.1, -0.05) is 24.3 Å². The van der Waals surface area contributed by atoms with Crippen molar-refractivity contribution in [1.82, 2.24) is 24.6 Å². The molecule has 1 aliphatic heterocycles. The van der Waals surface area contributed by atoms with Crippen molar-refractivity contribution in [2.24, 2.45) is 0 Å². The maximum Gasteiger partial charge on any atom is 0.435 e. The quantitative estimate of drug-likeness (QED) is 0.406. The number of fused-ring (bicyclic) bond motifs is 1. The fourth-order valence-corrected chi connectivity index (χ4v) is 6.23. The van der Waals surface area contributed by atoms with Gasteiger partial charge in [0.2, 0.25) is 11.8 Å². The van der Waals surface area contributed by atoms with Gasteiger partial charge < -0.3 is 14.5 Å². The van der Waals surface area contributed by atoms with Crippen molar-refractivity contribution in [2.45, 2.75) is 63.7 Å². The summed E-state index contributed by atoms with van der Waals surface area (Å²) < 4.78 is 45.5. The van der Waals surface area contributed by atoms with Crippen LogP contribution in [0.4, 0.5) is 18.0 Å². The molecule has 5 rings (SSSR count). The fraction of sp³-hybridized carbons (Fsp3) is 0.481. The average Bonchev–Trinajstić information content (AvgIpc) is 3.54. The summed E-state index contributed by atoms with van der Waals surface area (Å²) in [7, 11) is 1.75. The molecule has 1 aliphatic carbocycles. The van der Waals surface area contributed by atoms with Crippen LogP contribution in [0.1, 0.15) is 65.2 Å². The molecule has 1 aromatic carbocycles. The summed E-state index contributed by atoms with van der Waals surface area (Å²) in [5, 5.41) is 6.12. The number of hydrogen-bond donors (Lipinski definition) is 0. The fourth-order valence-electron chi connectivity index (χ4n) is 5.34. The summed E-state index contributed by atoms with van der Waals surface area (Å²) in [6.45, 7) is 2.20. The maximum atomic E-state index is 12.9. The number of carbonyl (C=O) groups is 2. The van der Waals surface area contributed by atoms with Crippen LogP contribution in [-0.2, 0) is 23.9 Å². The predicted molar refractivity (Wildman–Crippen MR) is 139 cm³/mol. The lowest BCUT2D eigenvalue weighted by Gasteiger charge is -2.32. The van der Waals surface area contributed by atoms with Crippen LogP contribution in [-0.4, -0.2) is 56.7 Å². The third kappa shape index (κ3) is 5.95. The second-order valence-corrected chi connectivity index (χ2v) is 11.0. The Morgan fingerprint density at radius 1 is 1.18 bits per heavy atom. The minimum atomic E-state index is -4.55. The summed E-state index contributed by atoms with van der Waals surface area (Å²) in [6, 6.07) is 9.09. The Labute approximate surface area is 228 Å².